The summed E-state index contributed by atoms with van der Waals surface area (Å²) in [6.45, 7) is 3.54. The highest BCUT2D eigenvalue weighted by atomic mass is 35.5. The smallest absolute Gasteiger partial charge is 0.304 e. The number of benzene rings is 3. The van der Waals surface area contributed by atoms with Crippen molar-refractivity contribution in [2.75, 3.05) is 31.5 Å². The summed E-state index contributed by atoms with van der Waals surface area (Å²) in [6.07, 6.45) is 0.178. The van der Waals surface area contributed by atoms with E-state index in [1.54, 1.807) is 24.3 Å². The van der Waals surface area contributed by atoms with Crippen LogP contribution in [0.15, 0.2) is 78.9 Å². The number of halogens is 2. The number of hydrogen-bond acceptors (Lipinski definition) is 4. The Morgan fingerprint density at radius 2 is 1.56 bits per heavy atom. The largest absolute Gasteiger partial charge is 0.354 e. The number of carbonyl (C=O) groups is 2. The quantitative estimate of drug-likeness (QED) is 0.312. The lowest BCUT2D eigenvalue weighted by molar-refractivity contribution is -0.140. The molecular weight excluding hydrogens is 567 g/mol. The number of para-hydroxylation sites is 1. The number of rotatable bonds is 13. The summed E-state index contributed by atoms with van der Waals surface area (Å²) in [4.78, 5) is 29.1. The second-order valence-corrected chi connectivity index (χ2v) is 12.7. The molecule has 0 aromatic heterocycles. The molecule has 3 aromatic carbocycles. The van der Waals surface area contributed by atoms with E-state index in [1.807, 2.05) is 44.2 Å². The van der Waals surface area contributed by atoms with E-state index in [0.717, 1.165) is 20.2 Å². The average molecular weight is 603 g/mol. The van der Waals surface area contributed by atoms with E-state index in [1.165, 1.54) is 37.2 Å². The standard InChI is InChI=1S/C30H36ClFN4O4S/c1-22(2)19-33-30(38)28(18-23-11-6-5-7-12-23)35(20-24-13-10-14-25(31)17-24)29(37)21-36(41(39,40)34(3)4)27-16-9-8-15-26(27)32/h5-17,22,28H,18-21H2,1-4H3,(H,33,38)/t28-/m0/s1. The first-order valence-electron chi connectivity index (χ1n) is 13.2. The molecule has 41 heavy (non-hydrogen) atoms. The highest BCUT2D eigenvalue weighted by Crippen LogP contribution is 2.24. The molecule has 0 spiro atoms. The van der Waals surface area contributed by atoms with Crippen LogP contribution in [0.3, 0.4) is 0 Å². The van der Waals surface area contributed by atoms with Crippen LogP contribution in [0.25, 0.3) is 0 Å². The summed E-state index contributed by atoms with van der Waals surface area (Å²) in [7, 11) is -1.69. The minimum atomic E-state index is -4.29. The van der Waals surface area contributed by atoms with Crippen LogP contribution in [0.2, 0.25) is 5.02 Å². The lowest BCUT2D eigenvalue weighted by Gasteiger charge is -2.34. The Bertz CT molecular complexity index is 1440. The van der Waals surface area contributed by atoms with Crippen LogP contribution in [0.5, 0.6) is 0 Å². The zero-order valence-corrected chi connectivity index (χ0v) is 25.2. The highest BCUT2D eigenvalue weighted by Gasteiger charge is 2.35. The second-order valence-electron chi connectivity index (χ2n) is 10.2. The summed E-state index contributed by atoms with van der Waals surface area (Å²) >= 11 is 6.22. The molecule has 1 atom stereocenters. The van der Waals surface area contributed by atoms with Crippen LogP contribution in [0.4, 0.5) is 10.1 Å². The molecule has 1 N–H and O–H groups in total. The molecule has 0 radical (unpaired) electrons. The number of amides is 2. The van der Waals surface area contributed by atoms with Gasteiger partial charge in [0.05, 0.1) is 5.69 Å². The van der Waals surface area contributed by atoms with Gasteiger partial charge >= 0.3 is 10.2 Å². The minimum Gasteiger partial charge on any atom is -0.354 e. The second kappa shape index (κ2) is 14.4. The van der Waals surface area contributed by atoms with Gasteiger partial charge in [-0.3, -0.25) is 9.59 Å². The van der Waals surface area contributed by atoms with Crippen molar-refractivity contribution in [3.63, 3.8) is 0 Å². The van der Waals surface area contributed by atoms with Gasteiger partial charge in [-0.2, -0.15) is 12.7 Å². The fourth-order valence-corrected chi connectivity index (χ4v) is 5.44. The maximum atomic E-state index is 14.9. The van der Waals surface area contributed by atoms with E-state index < -0.39 is 34.5 Å². The highest BCUT2D eigenvalue weighted by molar-refractivity contribution is 7.90. The molecule has 2 amide bonds. The Kier molecular flexibility index (Phi) is 11.3. The number of nitrogens with zero attached hydrogens (tertiary/aromatic N) is 3. The number of anilines is 1. The van der Waals surface area contributed by atoms with E-state index in [9.17, 15) is 22.4 Å². The number of carbonyl (C=O) groups excluding carboxylic acids is 2. The van der Waals surface area contributed by atoms with E-state index in [4.69, 9.17) is 11.6 Å². The SMILES string of the molecule is CC(C)CNC(=O)[C@H](Cc1ccccc1)N(Cc1cccc(Cl)c1)C(=O)CN(c1ccccc1F)S(=O)(=O)N(C)C. The molecule has 0 aliphatic rings. The van der Waals surface area contributed by atoms with Crippen molar-refractivity contribution >= 4 is 39.3 Å². The Balaban J connectivity index is 2.10. The first-order chi connectivity index (χ1) is 19.4. The third kappa shape index (κ3) is 8.76. The van der Waals surface area contributed by atoms with Crippen molar-refractivity contribution in [3.05, 3.63) is 101 Å². The molecule has 8 nitrogen and oxygen atoms in total. The average Bonchev–Trinajstić information content (AvgIpc) is 2.93. The van der Waals surface area contributed by atoms with Crippen LogP contribution < -0.4 is 9.62 Å². The van der Waals surface area contributed by atoms with Gasteiger partial charge in [-0.25, -0.2) is 8.70 Å². The van der Waals surface area contributed by atoms with E-state index in [-0.39, 0.29) is 30.5 Å². The van der Waals surface area contributed by atoms with Crippen LogP contribution in [-0.4, -0.2) is 62.7 Å². The Hall–Kier alpha value is -3.47. The summed E-state index contributed by atoms with van der Waals surface area (Å²) < 4.78 is 43.2. The zero-order valence-electron chi connectivity index (χ0n) is 23.6. The maximum Gasteiger partial charge on any atom is 0.304 e. The molecule has 0 unspecified atom stereocenters. The fourth-order valence-electron chi connectivity index (χ4n) is 4.16. The van der Waals surface area contributed by atoms with Crippen LogP contribution in [0.1, 0.15) is 25.0 Å². The molecule has 0 aliphatic carbocycles. The summed E-state index contributed by atoms with van der Waals surface area (Å²) in [6, 6.07) is 20.4. The Morgan fingerprint density at radius 3 is 2.17 bits per heavy atom. The summed E-state index contributed by atoms with van der Waals surface area (Å²) in [5, 5.41) is 3.36. The van der Waals surface area contributed by atoms with Crippen molar-refractivity contribution in [3.8, 4) is 0 Å². The predicted molar refractivity (Wildman–Crippen MR) is 160 cm³/mol. The predicted octanol–water partition coefficient (Wildman–Crippen LogP) is 4.50. The van der Waals surface area contributed by atoms with Crippen LogP contribution in [-0.2, 0) is 32.8 Å². The van der Waals surface area contributed by atoms with Crippen molar-refractivity contribution in [2.24, 2.45) is 5.92 Å². The Labute approximate surface area is 246 Å². The molecule has 3 aromatic rings. The molecule has 0 saturated heterocycles. The van der Waals surface area contributed by atoms with Gasteiger partial charge in [-0.15, -0.1) is 0 Å². The minimum absolute atomic E-state index is 0.0287. The molecule has 11 heteroatoms. The van der Waals surface area contributed by atoms with Crippen molar-refractivity contribution < 1.29 is 22.4 Å². The monoisotopic (exact) mass is 602 g/mol. The molecule has 0 heterocycles. The van der Waals surface area contributed by atoms with E-state index in [2.05, 4.69) is 5.32 Å². The van der Waals surface area contributed by atoms with Crippen molar-refractivity contribution in [2.45, 2.75) is 32.9 Å². The third-order valence-corrected chi connectivity index (χ3v) is 8.38. The van der Waals surface area contributed by atoms with Gasteiger partial charge in [0.1, 0.15) is 18.4 Å². The molecular formula is C30H36ClFN4O4S. The molecule has 3 rings (SSSR count). The molecule has 0 aliphatic heterocycles. The topological polar surface area (TPSA) is 90.0 Å². The lowest BCUT2D eigenvalue weighted by Crippen LogP contribution is -2.54. The van der Waals surface area contributed by atoms with Gasteiger partial charge < -0.3 is 10.2 Å². The van der Waals surface area contributed by atoms with Gasteiger partial charge in [0.15, 0.2) is 0 Å². The molecule has 0 bridgehead atoms. The third-order valence-electron chi connectivity index (χ3n) is 6.34. The van der Waals surface area contributed by atoms with Gasteiger partial charge in [-0.05, 0) is 41.3 Å². The van der Waals surface area contributed by atoms with E-state index in [0.29, 0.717) is 17.1 Å². The van der Waals surface area contributed by atoms with Gasteiger partial charge in [-0.1, -0.05) is 80.0 Å². The molecule has 0 saturated carbocycles. The van der Waals surface area contributed by atoms with E-state index >= 15 is 0 Å². The molecule has 0 fully saturated rings. The normalized spacial score (nSPS) is 12.3. The van der Waals surface area contributed by atoms with Gasteiger partial charge in [0.2, 0.25) is 11.8 Å². The maximum absolute atomic E-state index is 14.9. The number of hydrogen-bond donors (Lipinski definition) is 1. The first kappa shape index (κ1) is 32.0. The van der Waals surface area contributed by atoms with Crippen LogP contribution >= 0.6 is 11.6 Å². The Morgan fingerprint density at radius 1 is 0.927 bits per heavy atom. The summed E-state index contributed by atoms with van der Waals surface area (Å²) in [5.74, 6) is -1.71. The summed E-state index contributed by atoms with van der Waals surface area (Å²) in [5.41, 5.74) is 1.18. The van der Waals surface area contributed by atoms with Crippen molar-refractivity contribution in [1.82, 2.24) is 14.5 Å². The number of nitrogens with one attached hydrogen (secondary N) is 1. The van der Waals surface area contributed by atoms with Gasteiger partial charge in [0, 0.05) is 38.6 Å². The lowest BCUT2D eigenvalue weighted by atomic mass is 10.0. The van der Waals surface area contributed by atoms with Crippen molar-refractivity contribution in [1.29, 1.82) is 0 Å². The zero-order chi connectivity index (χ0) is 30.2. The molecule has 220 valence electrons. The van der Waals surface area contributed by atoms with Gasteiger partial charge in [0.25, 0.3) is 0 Å². The first-order valence-corrected chi connectivity index (χ1v) is 15.0. The fraction of sp³-hybridized carbons (Fsp3) is 0.333. The van der Waals surface area contributed by atoms with Crippen LogP contribution in [0, 0.1) is 11.7 Å².